The highest BCUT2D eigenvalue weighted by molar-refractivity contribution is 8.27. The zero-order chi connectivity index (χ0) is 22.2. The van der Waals surface area contributed by atoms with Gasteiger partial charge in [0, 0.05) is 29.2 Å². The second-order valence-corrected chi connectivity index (χ2v) is 9.38. The summed E-state index contributed by atoms with van der Waals surface area (Å²) in [5.41, 5.74) is 5.08. The van der Waals surface area contributed by atoms with E-state index in [0.29, 0.717) is 14.9 Å². The molecule has 6 heteroatoms. The van der Waals surface area contributed by atoms with Crippen LogP contribution in [0.2, 0.25) is 0 Å². The summed E-state index contributed by atoms with van der Waals surface area (Å²) in [5.74, 6) is -0.543. The number of amides is 1. The molecule has 5 rings (SSSR count). The van der Waals surface area contributed by atoms with Crippen molar-refractivity contribution >= 4 is 56.9 Å². The molecule has 0 spiro atoms. The molecule has 0 saturated carbocycles. The van der Waals surface area contributed by atoms with Crippen molar-refractivity contribution in [3.05, 3.63) is 106 Å². The van der Waals surface area contributed by atoms with Gasteiger partial charge in [0.2, 0.25) is 0 Å². The molecule has 0 unspecified atom stereocenters. The Morgan fingerprint density at radius 2 is 1.72 bits per heavy atom. The van der Waals surface area contributed by atoms with Crippen LogP contribution >= 0.6 is 24.0 Å². The highest BCUT2D eigenvalue weighted by Gasteiger charge is 2.33. The first kappa shape index (κ1) is 20.7. The maximum atomic E-state index is 13.3. The van der Waals surface area contributed by atoms with E-state index in [0.717, 1.165) is 23.0 Å². The molecule has 0 bridgehead atoms. The van der Waals surface area contributed by atoms with Crippen molar-refractivity contribution in [3.8, 4) is 0 Å². The number of para-hydroxylation sites is 1. The van der Waals surface area contributed by atoms with E-state index in [1.54, 1.807) is 12.1 Å². The molecule has 1 fully saturated rings. The monoisotopic (exact) mass is 458 g/mol. The molecule has 4 aromatic rings. The average molecular weight is 459 g/mol. The van der Waals surface area contributed by atoms with Crippen LogP contribution in [0.1, 0.15) is 16.7 Å². The van der Waals surface area contributed by atoms with Gasteiger partial charge in [0.1, 0.15) is 5.82 Å². The van der Waals surface area contributed by atoms with Crippen LogP contribution in [-0.4, -0.2) is 14.8 Å². The fraction of sp³-hybridized carbons (Fsp3) is 0.0769. The van der Waals surface area contributed by atoms with Crippen LogP contribution in [0, 0.1) is 12.7 Å². The number of thioether (sulfide) groups is 1. The minimum atomic E-state index is -0.351. The first-order valence-corrected chi connectivity index (χ1v) is 11.4. The van der Waals surface area contributed by atoms with Gasteiger partial charge in [-0.3, -0.25) is 9.69 Å². The van der Waals surface area contributed by atoms with E-state index >= 15 is 0 Å². The second kappa shape index (κ2) is 8.37. The molecule has 1 amide bonds. The molecule has 2 heterocycles. The third-order valence-corrected chi connectivity index (χ3v) is 6.76. The van der Waals surface area contributed by atoms with Crippen LogP contribution in [0.5, 0.6) is 0 Å². The predicted octanol–water partition coefficient (Wildman–Crippen LogP) is 6.54. The number of anilines is 1. The van der Waals surface area contributed by atoms with Crippen molar-refractivity contribution in [2.75, 3.05) is 4.90 Å². The molecular weight excluding hydrogens is 439 g/mol. The summed E-state index contributed by atoms with van der Waals surface area (Å²) < 4.78 is 15.9. The molecular formula is C26H19FN2OS2. The molecule has 158 valence electrons. The Morgan fingerprint density at radius 1 is 1.00 bits per heavy atom. The van der Waals surface area contributed by atoms with Crippen molar-refractivity contribution in [2.45, 2.75) is 13.5 Å². The van der Waals surface area contributed by atoms with Crippen LogP contribution in [0.25, 0.3) is 17.0 Å². The van der Waals surface area contributed by atoms with Crippen molar-refractivity contribution < 1.29 is 9.18 Å². The van der Waals surface area contributed by atoms with Crippen LogP contribution in [0.4, 0.5) is 10.1 Å². The molecule has 1 aromatic heterocycles. The van der Waals surface area contributed by atoms with E-state index < -0.39 is 0 Å². The topological polar surface area (TPSA) is 25.2 Å². The minimum absolute atomic E-state index is 0.193. The van der Waals surface area contributed by atoms with Gasteiger partial charge in [-0.05, 0) is 48.9 Å². The zero-order valence-electron chi connectivity index (χ0n) is 17.3. The first-order valence-electron chi connectivity index (χ1n) is 10.2. The minimum Gasteiger partial charge on any atom is -0.342 e. The molecule has 0 radical (unpaired) electrons. The second-order valence-electron chi connectivity index (χ2n) is 7.71. The maximum absolute atomic E-state index is 13.3. The van der Waals surface area contributed by atoms with Crippen LogP contribution in [0.3, 0.4) is 0 Å². The summed E-state index contributed by atoms with van der Waals surface area (Å²) in [6, 6.07) is 22.5. The van der Waals surface area contributed by atoms with E-state index in [2.05, 4.69) is 54.1 Å². The number of benzene rings is 3. The summed E-state index contributed by atoms with van der Waals surface area (Å²) in [7, 11) is 0. The van der Waals surface area contributed by atoms with Crippen molar-refractivity contribution in [1.29, 1.82) is 0 Å². The van der Waals surface area contributed by atoms with Crippen LogP contribution in [-0.2, 0) is 11.3 Å². The molecule has 0 N–H and O–H groups in total. The highest BCUT2D eigenvalue weighted by atomic mass is 32.2. The van der Waals surface area contributed by atoms with Crippen molar-refractivity contribution in [1.82, 2.24) is 4.57 Å². The van der Waals surface area contributed by atoms with E-state index in [1.165, 1.54) is 39.9 Å². The summed E-state index contributed by atoms with van der Waals surface area (Å²) in [4.78, 5) is 15.1. The lowest BCUT2D eigenvalue weighted by atomic mass is 10.1. The Kier molecular flexibility index (Phi) is 5.41. The normalized spacial score (nSPS) is 15.3. The SMILES string of the molecule is Cc1ccc(Cn2cc(/C=C3/SC(=S)N(c4ccc(F)cc4)C3=O)c3ccccc32)cc1. The number of fused-ring (bicyclic) bond motifs is 1. The van der Waals surface area contributed by atoms with Gasteiger partial charge in [-0.2, -0.15) is 0 Å². The summed E-state index contributed by atoms with van der Waals surface area (Å²) in [6.45, 7) is 2.82. The smallest absolute Gasteiger partial charge is 0.270 e. The van der Waals surface area contributed by atoms with Crippen molar-refractivity contribution in [3.63, 3.8) is 0 Å². The summed E-state index contributed by atoms with van der Waals surface area (Å²) >= 11 is 6.72. The number of halogens is 1. The molecule has 1 aliphatic heterocycles. The number of nitrogens with zero attached hydrogens (tertiary/aromatic N) is 2. The van der Waals surface area contributed by atoms with E-state index in [9.17, 15) is 9.18 Å². The lowest BCUT2D eigenvalue weighted by Crippen LogP contribution is -2.27. The van der Waals surface area contributed by atoms with Gasteiger partial charge in [0.15, 0.2) is 4.32 Å². The van der Waals surface area contributed by atoms with Gasteiger partial charge in [0.05, 0.1) is 10.6 Å². The molecule has 3 nitrogen and oxygen atoms in total. The Morgan fingerprint density at radius 3 is 2.47 bits per heavy atom. The number of carbonyl (C=O) groups excluding carboxylic acids is 1. The number of aromatic nitrogens is 1. The average Bonchev–Trinajstić information content (AvgIpc) is 3.27. The van der Waals surface area contributed by atoms with Crippen LogP contribution in [0.15, 0.2) is 83.9 Å². The fourth-order valence-corrected chi connectivity index (χ4v) is 5.12. The number of hydrogen-bond donors (Lipinski definition) is 0. The highest BCUT2D eigenvalue weighted by Crippen LogP contribution is 2.37. The van der Waals surface area contributed by atoms with Gasteiger partial charge in [0.25, 0.3) is 5.91 Å². The summed E-state index contributed by atoms with van der Waals surface area (Å²) in [6.07, 6.45) is 3.98. The largest absolute Gasteiger partial charge is 0.342 e. The van der Waals surface area contributed by atoms with Gasteiger partial charge in [-0.15, -0.1) is 0 Å². The van der Waals surface area contributed by atoms with Crippen molar-refractivity contribution in [2.24, 2.45) is 0 Å². The Balaban J connectivity index is 1.51. The van der Waals surface area contributed by atoms with Crippen LogP contribution < -0.4 is 4.90 Å². The number of aryl methyl sites for hydroxylation is 1. The summed E-state index contributed by atoms with van der Waals surface area (Å²) in [5, 5.41) is 1.08. The third-order valence-electron chi connectivity index (χ3n) is 5.46. The third kappa shape index (κ3) is 3.87. The standard InChI is InChI=1S/C26H19FN2OS2/c1-17-6-8-18(9-7-17)15-28-16-19(22-4-2-3-5-23(22)28)14-24-25(30)29(26(31)32-24)21-12-10-20(27)11-13-21/h2-14,16H,15H2,1H3/b24-14+. The van der Waals surface area contributed by atoms with Gasteiger partial charge < -0.3 is 4.57 Å². The Hall–Kier alpha value is -3.22. The fourth-order valence-electron chi connectivity index (χ4n) is 3.83. The van der Waals surface area contributed by atoms with Gasteiger partial charge in [-0.1, -0.05) is 72.0 Å². The molecule has 3 aromatic carbocycles. The quantitative estimate of drug-likeness (QED) is 0.256. The molecule has 0 atom stereocenters. The Labute approximate surface area is 195 Å². The molecule has 0 aliphatic carbocycles. The van der Waals surface area contributed by atoms with E-state index in [-0.39, 0.29) is 11.7 Å². The first-order chi connectivity index (χ1) is 15.5. The lowest BCUT2D eigenvalue weighted by Gasteiger charge is -2.14. The number of carbonyl (C=O) groups is 1. The maximum Gasteiger partial charge on any atom is 0.270 e. The number of hydrogen-bond acceptors (Lipinski definition) is 3. The zero-order valence-corrected chi connectivity index (χ0v) is 18.9. The molecule has 1 aliphatic rings. The van der Waals surface area contributed by atoms with Gasteiger partial charge in [-0.25, -0.2) is 4.39 Å². The van der Waals surface area contributed by atoms with E-state index in [4.69, 9.17) is 12.2 Å². The Bertz CT molecular complexity index is 1370. The van der Waals surface area contributed by atoms with Gasteiger partial charge >= 0.3 is 0 Å². The number of thiocarbonyl (C=S) groups is 1. The predicted molar refractivity (Wildman–Crippen MR) is 134 cm³/mol. The molecule has 32 heavy (non-hydrogen) atoms. The molecule has 1 saturated heterocycles. The number of rotatable bonds is 4. The lowest BCUT2D eigenvalue weighted by molar-refractivity contribution is -0.113. The van der Waals surface area contributed by atoms with E-state index in [1.807, 2.05) is 18.2 Å².